The van der Waals surface area contributed by atoms with Crippen LogP contribution in [0.2, 0.25) is 0 Å². The molecule has 3 aromatic rings. The van der Waals surface area contributed by atoms with E-state index < -0.39 is 10.0 Å². The molecule has 1 amide bonds. The molecule has 0 radical (unpaired) electrons. The van der Waals surface area contributed by atoms with Gasteiger partial charge in [-0.15, -0.1) is 0 Å². The molecule has 0 saturated carbocycles. The molecule has 180 valence electrons. The molecule has 0 aliphatic rings. The summed E-state index contributed by atoms with van der Waals surface area (Å²) in [5.74, 6) is 0.497. The lowest BCUT2D eigenvalue weighted by Crippen LogP contribution is -2.41. The third-order valence-corrected chi connectivity index (χ3v) is 7.21. The van der Waals surface area contributed by atoms with Crippen molar-refractivity contribution < 1.29 is 17.9 Å². The van der Waals surface area contributed by atoms with Crippen LogP contribution in [0, 0.1) is 13.8 Å². The topological polar surface area (TPSA) is 75.7 Å². The molecule has 3 aromatic carbocycles. The van der Waals surface area contributed by atoms with E-state index in [4.69, 9.17) is 4.74 Å². The molecular formula is C27H32N2O4S. The van der Waals surface area contributed by atoms with Crippen molar-refractivity contribution in [3.8, 4) is 5.75 Å². The maximum atomic E-state index is 13.4. The molecule has 0 atom stereocenters. The molecule has 34 heavy (non-hydrogen) atoms. The van der Waals surface area contributed by atoms with Gasteiger partial charge in [0.2, 0.25) is 5.91 Å². The predicted molar refractivity (Wildman–Crippen MR) is 136 cm³/mol. The Morgan fingerprint density at radius 3 is 2.32 bits per heavy atom. The van der Waals surface area contributed by atoms with Crippen LogP contribution in [-0.4, -0.2) is 34.0 Å². The van der Waals surface area contributed by atoms with Crippen LogP contribution in [0.15, 0.2) is 77.7 Å². The third-order valence-electron chi connectivity index (χ3n) is 5.44. The van der Waals surface area contributed by atoms with Crippen LogP contribution < -0.4 is 14.4 Å². The summed E-state index contributed by atoms with van der Waals surface area (Å²) >= 11 is 0. The number of benzene rings is 3. The van der Waals surface area contributed by atoms with Crippen LogP contribution in [0.4, 0.5) is 5.69 Å². The van der Waals surface area contributed by atoms with Crippen molar-refractivity contribution >= 4 is 21.6 Å². The molecule has 0 aliphatic heterocycles. The highest BCUT2D eigenvalue weighted by molar-refractivity contribution is 7.92. The van der Waals surface area contributed by atoms with E-state index in [1.165, 1.54) is 4.31 Å². The molecule has 7 heteroatoms. The molecule has 0 spiro atoms. The van der Waals surface area contributed by atoms with Crippen LogP contribution in [-0.2, 0) is 21.2 Å². The lowest BCUT2D eigenvalue weighted by atomic mass is 10.1. The Bertz CT molecular complexity index is 1190. The number of sulfonamides is 1. The molecule has 0 aromatic heterocycles. The molecular weight excluding hydrogens is 448 g/mol. The fourth-order valence-electron chi connectivity index (χ4n) is 3.73. The maximum Gasteiger partial charge on any atom is 0.264 e. The Kier molecular flexibility index (Phi) is 8.71. The number of amides is 1. The van der Waals surface area contributed by atoms with E-state index in [1.807, 2.05) is 57.2 Å². The Morgan fingerprint density at radius 2 is 1.68 bits per heavy atom. The lowest BCUT2D eigenvalue weighted by molar-refractivity contribution is -0.119. The standard InChI is InChI=1S/C27H32N2O4S/c1-4-33-24-15-13-23(14-16-24)9-8-18-28-27(30)20-29(26-17-12-21(2)19-22(26)3)34(31,32)25-10-6-5-7-11-25/h5-7,10-17,19H,4,8-9,18,20H2,1-3H3,(H,28,30). The van der Waals surface area contributed by atoms with Gasteiger partial charge in [-0.25, -0.2) is 8.42 Å². The number of rotatable bonds is 11. The minimum Gasteiger partial charge on any atom is -0.494 e. The Labute approximate surface area is 202 Å². The molecule has 0 fully saturated rings. The van der Waals surface area contributed by atoms with Gasteiger partial charge in [0, 0.05) is 6.54 Å². The zero-order chi connectivity index (χ0) is 24.6. The molecule has 6 nitrogen and oxygen atoms in total. The normalized spacial score (nSPS) is 11.1. The summed E-state index contributed by atoms with van der Waals surface area (Å²) < 4.78 is 33.5. The smallest absolute Gasteiger partial charge is 0.264 e. The number of anilines is 1. The van der Waals surface area contributed by atoms with Gasteiger partial charge in [0.05, 0.1) is 17.2 Å². The first-order valence-electron chi connectivity index (χ1n) is 11.4. The van der Waals surface area contributed by atoms with E-state index in [0.29, 0.717) is 18.8 Å². The highest BCUT2D eigenvalue weighted by atomic mass is 32.2. The minimum atomic E-state index is -3.91. The van der Waals surface area contributed by atoms with Crippen molar-refractivity contribution in [1.29, 1.82) is 0 Å². The maximum absolute atomic E-state index is 13.4. The second kappa shape index (κ2) is 11.7. The molecule has 3 rings (SSSR count). The fraction of sp³-hybridized carbons (Fsp3) is 0.296. The zero-order valence-corrected chi connectivity index (χ0v) is 20.8. The largest absolute Gasteiger partial charge is 0.494 e. The Balaban J connectivity index is 1.67. The molecule has 0 bridgehead atoms. The Hall–Kier alpha value is -3.32. The predicted octanol–water partition coefficient (Wildman–Crippen LogP) is 4.65. The number of ether oxygens (including phenoxy) is 1. The van der Waals surface area contributed by atoms with Crippen molar-refractivity contribution in [3.63, 3.8) is 0 Å². The van der Waals surface area contributed by atoms with Crippen molar-refractivity contribution in [2.75, 3.05) is 24.0 Å². The van der Waals surface area contributed by atoms with Crippen molar-refractivity contribution in [3.05, 3.63) is 89.5 Å². The summed E-state index contributed by atoms with van der Waals surface area (Å²) in [5, 5.41) is 2.87. The van der Waals surface area contributed by atoms with Crippen LogP contribution in [0.25, 0.3) is 0 Å². The second-order valence-electron chi connectivity index (χ2n) is 8.15. The van der Waals surface area contributed by atoms with Gasteiger partial charge in [0.25, 0.3) is 10.0 Å². The van der Waals surface area contributed by atoms with Crippen LogP contribution >= 0.6 is 0 Å². The van der Waals surface area contributed by atoms with Crippen molar-refractivity contribution in [1.82, 2.24) is 5.32 Å². The number of nitrogens with zero attached hydrogens (tertiary/aromatic N) is 1. The van der Waals surface area contributed by atoms with Crippen LogP contribution in [0.1, 0.15) is 30.0 Å². The average molecular weight is 481 g/mol. The minimum absolute atomic E-state index is 0.151. The fourth-order valence-corrected chi connectivity index (χ4v) is 5.24. The number of carbonyl (C=O) groups is 1. The molecule has 0 saturated heterocycles. The van der Waals surface area contributed by atoms with Gasteiger partial charge in [-0.1, -0.05) is 48.0 Å². The number of carbonyl (C=O) groups excluding carboxylic acids is 1. The van der Waals surface area contributed by atoms with Gasteiger partial charge in [0.15, 0.2) is 0 Å². The number of hydrogen-bond donors (Lipinski definition) is 1. The van der Waals surface area contributed by atoms with Gasteiger partial charge in [-0.2, -0.15) is 0 Å². The Morgan fingerprint density at radius 1 is 0.971 bits per heavy atom. The summed E-state index contributed by atoms with van der Waals surface area (Å²) in [6.07, 6.45) is 1.55. The van der Waals surface area contributed by atoms with Crippen molar-refractivity contribution in [2.24, 2.45) is 0 Å². The molecule has 1 N–H and O–H groups in total. The van der Waals surface area contributed by atoms with Crippen molar-refractivity contribution in [2.45, 2.75) is 38.5 Å². The van der Waals surface area contributed by atoms with Crippen LogP contribution in [0.5, 0.6) is 5.75 Å². The SMILES string of the molecule is CCOc1ccc(CCCNC(=O)CN(c2ccc(C)cc2C)S(=O)(=O)c2ccccc2)cc1. The zero-order valence-electron chi connectivity index (χ0n) is 20.0. The number of aryl methyl sites for hydroxylation is 3. The first-order chi connectivity index (χ1) is 16.3. The average Bonchev–Trinajstić information content (AvgIpc) is 2.82. The highest BCUT2D eigenvalue weighted by Gasteiger charge is 2.28. The first kappa shape index (κ1) is 25.3. The van der Waals surface area contributed by atoms with Gasteiger partial charge in [-0.05, 0) is 75.1 Å². The van der Waals surface area contributed by atoms with E-state index in [2.05, 4.69) is 5.32 Å². The summed E-state index contributed by atoms with van der Waals surface area (Å²) in [6.45, 7) is 6.55. The van der Waals surface area contributed by atoms with E-state index in [9.17, 15) is 13.2 Å². The van der Waals surface area contributed by atoms with Gasteiger partial charge < -0.3 is 10.1 Å². The highest BCUT2D eigenvalue weighted by Crippen LogP contribution is 2.27. The molecule has 0 unspecified atom stereocenters. The van der Waals surface area contributed by atoms with E-state index in [1.54, 1.807) is 36.4 Å². The summed E-state index contributed by atoms with van der Waals surface area (Å²) in [4.78, 5) is 12.9. The summed E-state index contributed by atoms with van der Waals surface area (Å²) in [7, 11) is -3.91. The number of nitrogens with one attached hydrogen (secondary N) is 1. The van der Waals surface area contributed by atoms with Gasteiger partial charge in [-0.3, -0.25) is 9.10 Å². The third kappa shape index (κ3) is 6.60. The number of hydrogen-bond acceptors (Lipinski definition) is 4. The lowest BCUT2D eigenvalue weighted by Gasteiger charge is -2.26. The molecule has 0 heterocycles. The van der Waals surface area contributed by atoms with E-state index in [0.717, 1.165) is 35.3 Å². The van der Waals surface area contributed by atoms with Gasteiger partial charge in [0.1, 0.15) is 12.3 Å². The van der Waals surface area contributed by atoms with E-state index in [-0.39, 0.29) is 17.3 Å². The van der Waals surface area contributed by atoms with E-state index >= 15 is 0 Å². The second-order valence-corrected chi connectivity index (χ2v) is 10.0. The molecule has 0 aliphatic carbocycles. The van der Waals surface area contributed by atoms with Gasteiger partial charge >= 0.3 is 0 Å². The summed E-state index contributed by atoms with van der Waals surface area (Å²) in [5.41, 5.74) is 3.47. The quantitative estimate of drug-likeness (QED) is 0.406. The summed E-state index contributed by atoms with van der Waals surface area (Å²) in [6, 6.07) is 21.6. The van der Waals surface area contributed by atoms with Crippen LogP contribution in [0.3, 0.4) is 0 Å². The first-order valence-corrected chi connectivity index (χ1v) is 12.9. The monoisotopic (exact) mass is 480 g/mol.